The monoisotopic (exact) mass is 329 g/mol. The summed E-state index contributed by atoms with van der Waals surface area (Å²) in [5.41, 5.74) is 2.48. The zero-order valence-corrected chi connectivity index (χ0v) is 14.1. The second-order valence-electron chi connectivity index (χ2n) is 6.53. The van der Waals surface area contributed by atoms with Crippen molar-refractivity contribution in [2.75, 3.05) is 18.1 Å². The Kier molecular flexibility index (Phi) is 4.42. The first-order valence-electron chi connectivity index (χ1n) is 8.37. The van der Waals surface area contributed by atoms with Crippen molar-refractivity contribution in [1.82, 2.24) is 15.1 Å². The molecule has 0 saturated carbocycles. The highest BCUT2D eigenvalue weighted by molar-refractivity contribution is 7.99. The molecule has 4 rings (SSSR count). The van der Waals surface area contributed by atoms with Gasteiger partial charge < -0.3 is 10.1 Å². The molecule has 0 bridgehead atoms. The number of rotatable bonds is 4. The van der Waals surface area contributed by atoms with E-state index in [1.165, 1.54) is 17.7 Å². The van der Waals surface area contributed by atoms with Gasteiger partial charge >= 0.3 is 0 Å². The summed E-state index contributed by atoms with van der Waals surface area (Å²) in [6, 6.07) is 10.8. The fourth-order valence-electron chi connectivity index (χ4n) is 3.50. The third kappa shape index (κ3) is 3.47. The molecule has 0 radical (unpaired) electrons. The van der Waals surface area contributed by atoms with E-state index < -0.39 is 0 Å². The Bertz CT molecular complexity index is 637. The zero-order valence-electron chi connectivity index (χ0n) is 13.3. The van der Waals surface area contributed by atoms with Crippen LogP contribution in [-0.4, -0.2) is 39.5 Å². The molecule has 1 N–H and O–H groups in total. The molecule has 2 fully saturated rings. The highest BCUT2D eigenvalue weighted by atomic mass is 32.2. The first-order valence-corrected chi connectivity index (χ1v) is 9.53. The largest absolute Gasteiger partial charge is 0.374 e. The van der Waals surface area contributed by atoms with E-state index >= 15 is 0 Å². The molecule has 2 unspecified atom stereocenters. The predicted octanol–water partition coefficient (Wildman–Crippen LogP) is 3.02. The average molecular weight is 329 g/mol. The van der Waals surface area contributed by atoms with E-state index in [9.17, 15) is 0 Å². The van der Waals surface area contributed by atoms with Crippen LogP contribution in [0.5, 0.6) is 0 Å². The lowest BCUT2D eigenvalue weighted by Crippen LogP contribution is -2.47. The number of nitrogens with one attached hydrogen (secondary N) is 1. The Labute approximate surface area is 141 Å². The molecule has 0 aliphatic carbocycles. The fraction of sp³-hybridized carbons (Fsp3) is 0.500. The third-order valence-corrected chi connectivity index (χ3v) is 6.03. The number of hydrogen-bond acceptors (Lipinski definition) is 4. The van der Waals surface area contributed by atoms with Gasteiger partial charge in [0.2, 0.25) is 0 Å². The van der Waals surface area contributed by atoms with Gasteiger partial charge in [-0.2, -0.15) is 16.9 Å². The predicted molar refractivity (Wildman–Crippen MR) is 94.1 cm³/mol. The lowest BCUT2D eigenvalue weighted by molar-refractivity contribution is -0.0703. The molecule has 2 aromatic rings. The lowest BCUT2D eigenvalue weighted by atomic mass is 9.90. The summed E-state index contributed by atoms with van der Waals surface area (Å²) in [6.45, 7) is 1.77. The summed E-state index contributed by atoms with van der Waals surface area (Å²) in [7, 11) is 0. The maximum Gasteiger partial charge on any atom is 0.0795 e. The van der Waals surface area contributed by atoms with Crippen molar-refractivity contribution >= 4 is 11.8 Å². The summed E-state index contributed by atoms with van der Waals surface area (Å²) in [6.07, 6.45) is 7.54. The van der Waals surface area contributed by atoms with Crippen LogP contribution >= 0.6 is 11.8 Å². The standard InChI is InChI=1S/C18H23N3OS/c1-2-4-17(5-3-1)21-13-15(12-20-21)11-19-16-6-8-22-18(10-16)7-9-23-14-18/h1-5,12-13,16,19H,6-11,14H2. The Hall–Kier alpha value is -1.30. The normalized spacial score (nSPS) is 27.6. The van der Waals surface area contributed by atoms with Gasteiger partial charge in [0, 0.05) is 36.7 Å². The molecule has 2 saturated heterocycles. The molecular weight excluding hydrogens is 306 g/mol. The minimum Gasteiger partial charge on any atom is -0.374 e. The van der Waals surface area contributed by atoms with Crippen LogP contribution in [0, 0.1) is 0 Å². The topological polar surface area (TPSA) is 39.1 Å². The van der Waals surface area contributed by atoms with Crippen LogP contribution in [0.1, 0.15) is 24.8 Å². The van der Waals surface area contributed by atoms with E-state index in [2.05, 4.69) is 28.7 Å². The Morgan fingerprint density at radius 3 is 3.09 bits per heavy atom. The van der Waals surface area contributed by atoms with Gasteiger partial charge in [0.1, 0.15) is 0 Å². The second-order valence-corrected chi connectivity index (χ2v) is 7.64. The molecule has 1 aromatic heterocycles. The number of ether oxygens (including phenoxy) is 1. The number of para-hydroxylation sites is 1. The second kappa shape index (κ2) is 6.67. The van der Waals surface area contributed by atoms with Crippen LogP contribution in [0.4, 0.5) is 0 Å². The molecule has 2 aliphatic rings. The van der Waals surface area contributed by atoms with E-state index in [4.69, 9.17) is 4.74 Å². The first kappa shape index (κ1) is 15.2. The molecule has 1 spiro atoms. The highest BCUT2D eigenvalue weighted by Gasteiger charge is 2.40. The molecule has 5 heteroatoms. The molecule has 2 aliphatic heterocycles. The van der Waals surface area contributed by atoms with E-state index in [1.54, 1.807) is 0 Å². The van der Waals surface area contributed by atoms with Crippen molar-refractivity contribution in [1.29, 1.82) is 0 Å². The smallest absolute Gasteiger partial charge is 0.0795 e. The van der Waals surface area contributed by atoms with Gasteiger partial charge in [-0.25, -0.2) is 4.68 Å². The van der Waals surface area contributed by atoms with Crippen LogP contribution in [0.25, 0.3) is 5.69 Å². The average Bonchev–Trinajstić information content (AvgIpc) is 3.24. The van der Waals surface area contributed by atoms with E-state index in [-0.39, 0.29) is 5.60 Å². The van der Waals surface area contributed by atoms with Gasteiger partial charge in [0.15, 0.2) is 0 Å². The summed E-state index contributed by atoms with van der Waals surface area (Å²) in [4.78, 5) is 0. The summed E-state index contributed by atoms with van der Waals surface area (Å²) < 4.78 is 8.03. The lowest BCUT2D eigenvalue weighted by Gasteiger charge is -2.38. The molecule has 4 nitrogen and oxygen atoms in total. The van der Waals surface area contributed by atoms with Crippen molar-refractivity contribution < 1.29 is 4.74 Å². The fourth-order valence-corrected chi connectivity index (χ4v) is 4.88. The Morgan fingerprint density at radius 2 is 2.26 bits per heavy atom. The van der Waals surface area contributed by atoms with Crippen molar-refractivity contribution in [2.24, 2.45) is 0 Å². The Balaban J connectivity index is 1.35. The van der Waals surface area contributed by atoms with Gasteiger partial charge in [-0.3, -0.25) is 0 Å². The number of thioether (sulfide) groups is 1. The molecule has 0 amide bonds. The highest BCUT2D eigenvalue weighted by Crippen LogP contribution is 2.38. The number of nitrogens with zero attached hydrogens (tertiary/aromatic N) is 2. The molecule has 122 valence electrons. The van der Waals surface area contributed by atoms with Gasteiger partial charge in [-0.1, -0.05) is 18.2 Å². The molecule has 2 atom stereocenters. The van der Waals surface area contributed by atoms with Gasteiger partial charge in [0.25, 0.3) is 0 Å². The summed E-state index contributed by atoms with van der Waals surface area (Å²) in [5.74, 6) is 2.41. The Morgan fingerprint density at radius 1 is 1.35 bits per heavy atom. The molecule has 3 heterocycles. The first-order chi connectivity index (χ1) is 11.3. The van der Waals surface area contributed by atoms with Crippen LogP contribution in [0.2, 0.25) is 0 Å². The maximum atomic E-state index is 6.09. The summed E-state index contributed by atoms with van der Waals surface area (Å²) in [5, 5.41) is 8.18. The van der Waals surface area contributed by atoms with E-state index in [1.807, 2.05) is 40.8 Å². The van der Waals surface area contributed by atoms with Crippen molar-refractivity contribution in [3.8, 4) is 5.69 Å². The maximum absolute atomic E-state index is 6.09. The molecular formula is C18H23N3OS. The van der Waals surface area contributed by atoms with Crippen LogP contribution in [0.3, 0.4) is 0 Å². The zero-order chi connectivity index (χ0) is 15.5. The van der Waals surface area contributed by atoms with Crippen LogP contribution in [-0.2, 0) is 11.3 Å². The third-order valence-electron chi connectivity index (χ3n) is 4.81. The number of aromatic nitrogens is 2. The summed E-state index contributed by atoms with van der Waals surface area (Å²) >= 11 is 2.03. The van der Waals surface area contributed by atoms with E-state index in [0.717, 1.165) is 37.4 Å². The minimum atomic E-state index is 0.148. The van der Waals surface area contributed by atoms with Gasteiger partial charge in [0.05, 0.1) is 17.5 Å². The van der Waals surface area contributed by atoms with Gasteiger partial charge in [-0.15, -0.1) is 0 Å². The number of hydrogen-bond donors (Lipinski definition) is 1. The minimum absolute atomic E-state index is 0.148. The molecule has 1 aromatic carbocycles. The number of benzene rings is 1. The van der Waals surface area contributed by atoms with Crippen LogP contribution < -0.4 is 5.32 Å². The van der Waals surface area contributed by atoms with Crippen molar-refractivity contribution in [3.05, 3.63) is 48.3 Å². The van der Waals surface area contributed by atoms with Crippen LogP contribution in [0.15, 0.2) is 42.7 Å². The van der Waals surface area contributed by atoms with E-state index in [0.29, 0.717) is 6.04 Å². The van der Waals surface area contributed by atoms with Crippen molar-refractivity contribution in [3.63, 3.8) is 0 Å². The SMILES string of the molecule is c1ccc(-n2cc(CNC3CCOC4(CCSC4)C3)cn2)cc1. The van der Waals surface area contributed by atoms with Crippen molar-refractivity contribution in [2.45, 2.75) is 37.5 Å². The quantitative estimate of drug-likeness (QED) is 0.936. The molecule has 23 heavy (non-hydrogen) atoms. The van der Waals surface area contributed by atoms with Gasteiger partial charge in [-0.05, 0) is 37.1 Å².